The zero-order valence-corrected chi connectivity index (χ0v) is 11.2. The molecule has 1 aromatic rings. The first-order chi connectivity index (χ1) is 8.13. The van der Waals surface area contributed by atoms with Crippen molar-refractivity contribution in [3.05, 3.63) is 35.4 Å². The van der Waals surface area contributed by atoms with E-state index < -0.39 is 0 Å². The summed E-state index contributed by atoms with van der Waals surface area (Å²) in [5.74, 6) is 0.754. The van der Waals surface area contributed by atoms with Crippen LogP contribution in [0.4, 0.5) is 0 Å². The molecule has 1 aliphatic rings. The monoisotopic (exact) mass is 232 g/mol. The van der Waals surface area contributed by atoms with E-state index in [-0.39, 0.29) is 6.04 Å². The van der Waals surface area contributed by atoms with Gasteiger partial charge in [-0.15, -0.1) is 0 Å². The fourth-order valence-corrected chi connectivity index (χ4v) is 2.81. The highest BCUT2D eigenvalue weighted by Crippen LogP contribution is 2.40. The first kappa shape index (κ1) is 12.6. The summed E-state index contributed by atoms with van der Waals surface area (Å²) in [5.41, 5.74) is 8.99. The molecule has 2 rings (SSSR count). The predicted octanol–water partition coefficient (Wildman–Crippen LogP) is 3.11. The topological polar surface area (TPSA) is 29.3 Å². The summed E-state index contributed by atoms with van der Waals surface area (Å²) < 4.78 is 0. The molecule has 0 saturated heterocycles. The molecule has 2 heteroatoms. The van der Waals surface area contributed by atoms with E-state index in [1.165, 1.54) is 17.5 Å². The summed E-state index contributed by atoms with van der Waals surface area (Å²) >= 11 is 0. The van der Waals surface area contributed by atoms with Crippen molar-refractivity contribution < 1.29 is 0 Å². The van der Waals surface area contributed by atoms with Gasteiger partial charge in [0.25, 0.3) is 0 Å². The molecule has 0 heterocycles. The number of nitrogens with zero attached hydrogens (tertiary/aromatic N) is 1. The van der Waals surface area contributed by atoms with Crippen LogP contribution in [0.3, 0.4) is 0 Å². The summed E-state index contributed by atoms with van der Waals surface area (Å²) in [6, 6.07) is 9.36. The average Bonchev–Trinajstić information content (AvgIpc) is 2.67. The van der Waals surface area contributed by atoms with Gasteiger partial charge in [0.05, 0.1) is 0 Å². The first-order valence-corrected chi connectivity index (χ1v) is 6.68. The number of nitrogens with two attached hydrogens (primary N) is 1. The lowest BCUT2D eigenvalue weighted by Gasteiger charge is -2.27. The minimum Gasteiger partial charge on any atom is -0.324 e. The normalized spacial score (nSPS) is 25.0. The summed E-state index contributed by atoms with van der Waals surface area (Å²) in [5, 5.41) is 0. The predicted molar refractivity (Wildman–Crippen MR) is 72.8 cm³/mol. The van der Waals surface area contributed by atoms with Crippen LogP contribution in [0.5, 0.6) is 0 Å². The first-order valence-electron chi connectivity index (χ1n) is 6.68. The lowest BCUT2D eigenvalue weighted by molar-refractivity contribution is 0.205. The maximum Gasteiger partial charge on any atom is 0.0366 e. The number of benzene rings is 1. The van der Waals surface area contributed by atoms with Crippen molar-refractivity contribution >= 4 is 0 Å². The zero-order chi connectivity index (χ0) is 12.4. The molecular formula is C15H24N2. The number of hydrogen-bond donors (Lipinski definition) is 1. The van der Waals surface area contributed by atoms with Crippen LogP contribution >= 0.6 is 0 Å². The van der Waals surface area contributed by atoms with Crippen LogP contribution in [-0.4, -0.2) is 18.5 Å². The van der Waals surface area contributed by atoms with E-state index in [9.17, 15) is 0 Å². The Labute approximate surface area is 105 Å². The van der Waals surface area contributed by atoms with E-state index in [0.29, 0.717) is 6.04 Å². The van der Waals surface area contributed by atoms with Crippen LogP contribution < -0.4 is 5.73 Å². The smallest absolute Gasteiger partial charge is 0.0366 e. The Morgan fingerprint density at radius 1 is 1.35 bits per heavy atom. The molecule has 0 radical (unpaired) electrons. The molecule has 17 heavy (non-hydrogen) atoms. The molecule has 0 amide bonds. The minimum atomic E-state index is 0.218. The molecule has 0 aromatic heterocycles. The van der Waals surface area contributed by atoms with Gasteiger partial charge < -0.3 is 5.73 Å². The molecule has 1 aliphatic carbocycles. The molecule has 0 aliphatic heterocycles. The van der Waals surface area contributed by atoms with Crippen LogP contribution in [0.15, 0.2) is 24.3 Å². The van der Waals surface area contributed by atoms with E-state index in [2.05, 4.69) is 50.1 Å². The van der Waals surface area contributed by atoms with Gasteiger partial charge in [-0.3, -0.25) is 4.90 Å². The molecule has 1 aromatic carbocycles. The van der Waals surface area contributed by atoms with Crippen LogP contribution in [0.1, 0.15) is 49.9 Å². The lowest BCUT2D eigenvalue weighted by Crippen LogP contribution is -2.28. The van der Waals surface area contributed by atoms with Crippen molar-refractivity contribution in [2.75, 3.05) is 13.6 Å². The minimum absolute atomic E-state index is 0.218. The fourth-order valence-electron chi connectivity index (χ4n) is 2.81. The lowest BCUT2D eigenvalue weighted by atomic mass is 10.0. The van der Waals surface area contributed by atoms with Crippen LogP contribution in [-0.2, 0) is 0 Å². The summed E-state index contributed by atoms with van der Waals surface area (Å²) in [7, 11) is 2.23. The third kappa shape index (κ3) is 2.53. The molecule has 2 N–H and O–H groups in total. The van der Waals surface area contributed by atoms with E-state index in [4.69, 9.17) is 5.73 Å². The molecule has 0 spiro atoms. The Bertz CT molecular complexity index is 375. The Morgan fingerprint density at radius 3 is 2.65 bits per heavy atom. The third-order valence-electron chi connectivity index (χ3n) is 4.06. The molecule has 94 valence electrons. The number of hydrogen-bond acceptors (Lipinski definition) is 2. The largest absolute Gasteiger partial charge is 0.324 e. The van der Waals surface area contributed by atoms with Crippen LogP contribution in [0.25, 0.3) is 0 Å². The van der Waals surface area contributed by atoms with Crippen LogP contribution in [0.2, 0.25) is 0 Å². The van der Waals surface area contributed by atoms with Gasteiger partial charge in [-0.1, -0.05) is 44.5 Å². The molecule has 2 nitrogen and oxygen atoms in total. The SMILES string of the molecule is CCC(C)CN(C)C1CC(N)c2ccccc21. The molecule has 0 bridgehead atoms. The van der Waals surface area contributed by atoms with E-state index in [1.807, 2.05) is 0 Å². The molecule has 0 fully saturated rings. The van der Waals surface area contributed by atoms with Crippen molar-refractivity contribution in [2.45, 2.75) is 38.8 Å². The summed E-state index contributed by atoms with van der Waals surface area (Å²) in [6.45, 7) is 5.73. The van der Waals surface area contributed by atoms with Gasteiger partial charge in [0, 0.05) is 18.6 Å². The van der Waals surface area contributed by atoms with Crippen molar-refractivity contribution in [3.8, 4) is 0 Å². The third-order valence-corrected chi connectivity index (χ3v) is 4.06. The van der Waals surface area contributed by atoms with Gasteiger partial charge in [0.15, 0.2) is 0 Å². The van der Waals surface area contributed by atoms with Crippen molar-refractivity contribution in [1.29, 1.82) is 0 Å². The van der Waals surface area contributed by atoms with E-state index >= 15 is 0 Å². The number of fused-ring (bicyclic) bond motifs is 1. The Morgan fingerprint density at radius 2 is 2.00 bits per heavy atom. The van der Waals surface area contributed by atoms with E-state index in [1.54, 1.807) is 0 Å². The maximum absolute atomic E-state index is 6.21. The van der Waals surface area contributed by atoms with Gasteiger partial charge in [0.2, 0.25) is 0 Å². The Hall–Kier alpha value is -0.860. The van der Waals surface area contributed by atoms with Gasteiger partial charge in [-0.05, 0) is 30.5 Å². The standard InChI is InChI=1S/C15H24N2/c1-4-11(2)10-17(3)15-9-14(16)12-7-5-6-8-13(12)15/h5-8,11,14-15H,4,9-10,16H2,1-3H3. The molecule has 0 saturated carbocycles. The van der Waals surface area contributed by atoms with Gasteiger partial charge >= 0.3 is 0 Å². The highest BCUT2D eigenvalue weighted by Gasteiger charge is 2.30. The van der Waals surface area contributed by atoms with Gasteiger partial charge in [0.1, 0.15) is 0 Å². The second-order valence-corrected chi connectivity index (χ2v) is 5.44. The van der Waals surface area contributed by atoms with Crippen molar-refractivity contribution in [1.82, 2.24) is 4.90 Å². The van der Waals surface area contributed by atoms with Gasteiger partial charge in [-0.25, -0.2) is 0 Å². The van der Waals surface area contributed by atoms with Gasteiger partial charge in [-0.2, -0.15) is 0 Å². The van der Waals surface area contributed by atoms with Crippen molar-refractivity contribution in [3.63, 3.8) is 0 Å². The second-order valence-electron chi connectivity index (χ2n) is 5.44. The second kappa shape index (κ2) is 5.19. The molecular weight excluding hydrogens is 208 g/mol. The highest BCUT2D eigenvalue weighted by molar-refractivity contribution is 5.37. The summed E-state index contributed by atoms with van der Waals surface area (Å²) in [6.07, 6.45) is 2.30. The average molecular weight is 232 g/mol. The van der Waals surface area contributed by atoms with Crippen LogP contribution in [0, 0.1) is 5.92 Å². The Balaban J connectivity index is 2.14. The van der Waals surface area contributed by atoms with Crippen molar-refractivity contribution in [2.24, 2.45) is 11.7 Å². The molecule has 3 atom stereocenters. The highest BCUT2D eigenvalue weighted by atomic mass is 15.1. The maximum atomic E-state index is 6.21. The molecule has 3 unspecified atom stereocenters. The zero-order valence-electron chi connectivity index (χ0n) is 11.2. The number of rotatable bonds is 4. The van der Waals surface area contributed by atoms with E-state index in [0.717, 1.165) is 18.9 Å². The summed E-state index contributed by atoms with van der Waals surface area (Å²) in [4.78, 5) is 2.47. The Kier molecular flexibility index (Phi) is 3.85. The quantitative estimate of drug-likeness (QED) is 0.864. The fraction of sp³-hybridized carbons (Fsp3) is 0.600.